The van der Waals surface area contributed by atoms with E-state index in [0.717, 1.165) is 0 Å². The summed E-state index contributed by atoms with van der Waals surface area (Å²) in [4.78, 5) is 25.0. The summed E-state index contributed by atoms with van der Waals surface area (Å²) in [6, 6.07) is 8.24. The molecule has 0 bridgehead atoms. The number of nitrogens with one attached hydrogen (secondary N) is 1. The highest BCUT2D eigenvalue weighted by molar-refractivity contribution is 5.87. The smallest absolute Gasteiger partial charge is 0.333 e. The number of carboxylic acid groups (broad SMARTS) is 1. The second-order valence-electron chi connectivity index (χ2n) is 4.93. The highest BCUT2D eigenvalue weighted by atomic mass is 16.4. The van der Waals surface area contributed by atoms with Crippen LogP contribution in [0.25, 0.3) is 0 Å². The van der Waals surface area contributed by atoms with E-state index in [1.807, 2.05) is 13.8 Å². The van der Waals surface area contributed by atoms with Crippen molar-refractivity contribution in [2.45, 2.75) is 32.4 Å². The van der Waals surface area contributed by atoms with E-state index >= 15 is 0 Å². The van der Waals surface area contributed by atoms with Crippen LogP contribution >= 0.6 is 0 Å². The van der Waals surface area contributed by atoms with Gasteiger partial charge in [0.05, 0.1) is 0 Å². The zero-order valence-corrected chi connectivity index (χ0v) is 11.7. The fraction of sp³-hybridized carbons (Fsp3) is 0.429. The first-order chi connectivity index (χ1) is 8.79. The summed E-state index contributed by atoms with van der Waals surface area (Å²) < 4.78 is 0. The molecule has 0 saturated carbocycles. The lowest BCUT2D eigenvalue weighted by Gasteiger charge is -2.31. The number of benzene rings is 1. The summed E-state index contributed by atoms with van der Waals surface area (Å²) in [5.41, 5.74) is -0.908. The summed E-state index contributed by atoms with van der Waals surface area (Å²) in [6.45, 7) is 5.21. The van der Waals surface area contributed by atoms with Gasteiger partial charge in [-0.3, -0.25) is 0 Å². The Labute approximate surface area is 113 Å². The molecule has 0 radical (unpaired) electrons. The molecule has 2 N–H and O–H groups in total. The molecule has 1 unspecified atom stereocenters. The van der Waals surface area contributed by atoms with Gasteiger partial charge < -0.3 is 15.3 Å². The van der Waals surface area contributed by atoms with E-state index in [0.29, 0.717) is 5.56 Å². The normalized spacial score (nSPS) is 13.7. The third-order valence-corrected chi connectivity index (χ3v) is 3.23. The van der Waals surface area contributed by atoms with E-state index in [9.17, 15) is 14.7 Å². The number of hydrogen-bond donors (Lipinski definition) is 2. The van der Waals surface area contributed by atoms with Crippen LogP contribution in [0.15, 0.2) is 30.3 Å². The van der Waals surface area contributed by atoms with Gasteiger partial charge in [0, 0.05) is 13.1 Å². The Morgan fingerprint density at radius 2 is 1.79 bits per heavy atom. The molecule has 104 valence electrons. The maximum atomic E-state index is 12.0. The summed E-state index contributed by atoms with van der Waals surface area (Å²) in [5, 5.41) is 12.0. The number of urea groups is 1. The number of amides is 2. The summed E-state index contributed by atoms with van der Waals surface area (Å²) in [5.74, 6) is -1.09. The van der Waals surface area contributed by atoms with Crippen molar-refractivity contribution in [1.82, 2.24) is 10.2 Å². The van der Waals surface area contributed by atoms with E-state index in [2.05, 4.69) is 5.32 Å². The van der Waals surface area contributed by atoms with Gasteiger partial charge in [-0.1, -0.05) is 30.3 Å². The zero-order chi connectivity index (χ0) is 14.6. The molecule has 0 aliphatic heterocycles. The molecule has 0 saturated heterocycles. The van der Waals surface area contributed by atoms with Crippen molar-refractivity contribution in [2.24, 2.45) is 0 Å². The molecule has 0 spiro atoms. The van der Waals surface area contributed by atoms with Crippen molar-refractivity contribution in [3.05, 3.63) is 35.9 Å². The summed E-state index contributed by atoms with van der Waals surface area (Å²) in [7, 11) is 1.63. The van der Waals surface area contributed by atoms with Crippen molar-refractivity contribution in [1.29, 1.82) is 0 Å². The molecule has 0 aromatic heterocycles. The second-order valence-corrected chi connectivity index (χ2v) is 4.93. The van der Waals surface area contributed by atoms with E-state index in [1.54, 1.807) is 37.4 Å². The average Bonchev–Trinajstić information content (AvgIpc) is 2.38. The van der Waals surface area contributed by atoms with Crippen LogP contribution in [0.5, 0.6) is 0 Å². The number of carbonyl (C=O) groups excluding carboxylic acids is 1. The topological polar surface area (TPSA) is 69.6 Å². The van der Waals surface area contributed by atoms with Crippen LogP contribution in [0.2, 0.25) is 0 Å². The molecule has 1 aromatic carbocycles. The average molecular weight is 264 g/mol. The maximum absolute atomic E-state index is 12.0. The number of rotatable bonds is 4. The molecular weight excluding hydrogens is 244 g/mol. The molecule has 1 atom stereocenters. The van der Waals surface area contributed by atoms with Crippen LogP contribution in [0.1, 0.15) is 26.3 Å². The molecule has 5 nitrogen and oxygen atoms in total. The first-order valence-corrected chi connectivity index (χ1v) is 6.13. The van der Waals surface area contributed by atoms with Gasteiger partial charge in [0.15, 0.2) is 5.54 Å². The van der Waals surface area contributed by atoms with Gasteiger partial charge in [0.2, 0.25) is 0 Å². The predicted octanol–water partition coefficient (Wildman–Crippen LogP) is 2.04. The van der Waals surface area contributed by atoms with Crippen LogP contribution in [-0.4, -0.2) is 35.1 Å². The van der Waals surface area contributed by atoms with Crippen molar-refractivity contribution in [3.8, 4) is 0 Å². The van der Waals surface area contributed by atoms with Gasteiger partial charge in [0.25, 0.3) is 0 Å². The molecule has 19 heavy (non-hydrogen) atoms. The van der Waals surface area contributed by atoms with Gasteiger partial charge >= 0.3 is 12.0 Å². The number of carbonyl (C=O) groups is 2. The molecular formula is C14H20N2O3. The first kappa shape index (κ1) is 15.0. The Kier molecular flexibility index (Phi) is 4.53. The maximum Gasteiger partial charge on any atom is 0.333 e. The molecule has 0 aliphatic rings. The largest absolute Gasteiger partial charge is 0.479 e. The Hall–Kier alpha value is -2.04. The minimum absolute atomic E-state index is 0.00572. The Morgan fingerprint density at radius 3 is 2.21 bits per heavy atom. The van der Waals surface area contributed by atoms with Crippen molar-refractivity contribution < 1.29 is 14.7 Å². The second kappa shape index (κ2) is 5.73. The van der Waals surface area contributed by atoms with Gasteiger partial charge in [-0.15, -0.1) is 0 Å². The van der Waals surface area contributed by atoms with Crippen LogP contribution in [0, 0.1) is 0 Å². The molecule has 0 heterocycles. The number of aliphatic carboxylic acids is 1. The van der Waals surface area contributed by atoms with Gasteiger partial charge in [-0.25, -0.2) is 9.59 Å². The fourth-order valence-corrected chi connectivity index (χ4v) is 1.56. The molecule has 2 amide bonds. The lowest BCUT2D eigenvalue weighted by molar-refractivity contribution is -0.144. The van der Waals surface area contributed by atoms with Crippen LogP contribution in [0.4, 0.5) is 4.79 Å². The van der Waals surface area contributed by atoms with E-state index in [-0.39, 0.29) is 6.04 Å². The highest BCUT2D eigenvalue weighted by Crippen LogP contribution is 2.21. The molecule has 5 heteroatoms. The van der Waals surface area contributed by atoms with E-state index < -0.39 is 17.5 Å². The van der Waals surface area contributed by atoms with E-state index in [4.69, 9.17) is 0 Å². The third kappa shape index (κ3) is 3.24. The van der Waals surface area contributed by atoms with Crippen LogP contribution < -0.4 is 5.32 Å². The van der Waals surface area contributed by atoms with E-state index in [1.165, 1.54) is 11.8 Å². The summed E-state index contributed by atoms with van der Waals surface area (Å²) >= 11 is 0. The number of carboxylic acids is 1. The first-order valence-electron chi connectivity index (χ1n) is 6.13. The lowest BCUT2D eigenvalue weighted by atomic mass is 9.92. The van der Waals surface area contributed by atoms with Gasteiger partial charge in [0.1, 0.15) is 0 Å². The lowest BCUT2D eigenvalue weighted by Crippen LogP contribution is -2.54. The molecule has 0 aliphatic carbocycles. The monoisotopic (exact) mass is 264 g/mol. The van der Waals surface area contributed by atoms with Crippen molar-refractivity contribution in [3.63, 3.8) is 0 Å². The standard InChI is InChI=1S/C14H20N2O3/c1-10(2)16(4)13(19)15-14(3,12(17)18)11-8-6-5-7-9-11/h5-10H,1-4H3,(H,15,19)(H,17,18). The van der Waals surface area contributed by atoms with Crippen LogP contribution in [-0.2, 0) is 10.3 Å². The zero-order valence-electron chi connectivity index (χ0n) is 11.7. The SMILES string of the molecule is CC(C)N(C)C(=O)NC(C)(C(=O)O)c1ccccc1. The van der Waals surface area contributed by atoms with Crippen molar-refractivity contribution in [2.75, 3.05) is 7.05 Å². The minimum Gasteiger partial charge on any atom is -0.479 e. The molecule has 1 aromatic rings. The van der Waals surface area contributed by atoms with Gasteiger partial charge in [-0.2, -0.15) is 0 Å². The summed E-state index contributed by atoms with van der Waals surface area (Å²) in [6.07, 6.45) is 0. The predicted molar refractivity (Wildman–Crippen MR) is 72.9 cm³/mol. The number of hydrogen-bond acceptors (Lipinski definition) is 2. The Balaban J connectivity index is 3.03. The Morgan fingerprint density at radius 1 is 1.26 bits per heavy atom. The van der Waals surface area contributed by atoms with Gasteiger partial charge in [-0.05, 0) is 26.3 Å². The molecule has 1 rings (SSSR count). The highest BCUT2D eigenvalue weighted by Gasteiger charge is 2.37. The van der Waals surface area contributed by atoms with Crippen LogP contribution in [0.3, 0.4) is 0 Å². The quantitative estimate of drug-likeness (QED) is 0.874. The Bertz CT molecular complexity index is 459. The molecule has 0 fully saturated rings. The number of nitrogens with zero attached hydrogens (tertiary/aromatic N) is 1. The fourth-order valence-electron chi connectivity index (χ4n) is 1.56. The third-order valence-electron chi connectivity index (χ3n) is 3.23. The minimum atomic E-state index is -1.44. The van der Waals surface area contributed by atoms with Crippen molar-refractivity contribution >= 4 is 12.0 Å².